The molecular weight excluding hydrogens is 388 g/mol. The molecule has 2 heterocycles. The molecule has 1 unspecified atom stereocenters. The van der Waals surface area contributed by atoms with Gasteiger partial charge < -0.3 is 19.9 Å². The third-order valence-corrected chi connectivity index (χ3v) is 4.53. The zero-order chi connectivity index (χ0) is 19.4. The molecule has 1 saturated heterocycles. The zero-order valence-electron chi connectivity index (χ0n) is 15.6. The highest BCUT2D eigenvalue weighted by molar-refractivity contribution is 5.94. The smallest absolute Gasteiger partial charge is 0.273 e. The molecule has 1 fully saturated rings. The van der Waals surface area contributed by atoms with E-state index >= 15 is 0 Å². The van der Waals surface area contributed by atoms with Gasteiger partial charge in [0.15, 0.2) is 0 Å². The number of aromatic nitrogens is 2. The molecule has 11 heteroatoms. The molecule has 0 aliphatic carbocycles. The van der Waals surface area contributed by atoms with Crippen molar-refractivity contribution in [2.45, 2.75) is 6.04 Å². The molecule has 1 atom stereocenters. The van der Waals surface area contributed by atoms with Crippen LogP contribution in [-0.2, 0) is 11.8 Å². The molecular formula is C17H23ClN6O4. The first kappa shape index (κ1) is 21.6. The molecule has 3 rings (SSSR count). The summed E-state index contributed by atoms with van der Waals surface area (Å²) in [6, 6.07) is 4.09. The number of nitrogens with one attached hydrogen (secondary N) is 2. The summed E-state index contributed by atoms with van der Waals surface area (Å²) in [7, 11) is 3.33. The number of carbonyl (C=O) groups is 1. The minimum absolute atomic E-state index is 0. The van der Waals surface area contributed by atoms with Crippen molar-refractivity contribution in [2.75, 3.05) is 38.6 Å². The maximum atomic E-state index is 12.6. The normalized spacial score (nSPS) is 16.9. The largest absolute Gasteiger partial charge is 0.494 e. The number of rotatable bonds is 6. The van der Waals surface area contributed by atoms with Crippen LogP contribution in [0.3, 0.4) is 0 Å². The Morgan fingerprint density at radius 2 is 2.29 bits per heavy atom. The number of methoxy groups -OCH3 is 1. The van der Waals surface area contributed by atoms with Crippen LogP contribution in [-0.4, -0.2) is 58.6 Å². The maximum Gasteiger partial charge on any atom is 0.273 e. The van der Waals surface area contributed by atoms with Gasteiger partial charge in [0.1, 0.15) is 11.6 Å². The molecule has 28 heavy (non-hydrogen) atoms. The minimum Gasteiger partial charge on any atom is -0.494 e. The highest BCUT2D eigenvalue weighted by Gasteiger charge is 2.28. The van der Waals surface area contributed by atoms with Crippen LogP contribution < -0.4 is 15.4 Å². The molecule has 0 spiro atoms. The fourth-order valence-corrected chi connectivity index (χ4v) is 3.16. The van der Waals surface area contributed by atoms with Crippen LogP contribution in [0.15, 0.2) is 30.6 Å². The Kier molecular flexibility index (Phi) is 7.32. The van der Waals surface area contributed by atoms with Gasteiger partial charge in [-0.2, -0.15) is 0 Å². The third kappa shape index (κ3) is 4.77. The number of hydrogen-bond acceptors (Lipinski definition) is 7. The Morgan fingerprint density at radius 3 is 2.93 bits per heavy atom. The minimum atomic E-state index is -0.508. The lowest BCUT2D eigenvalue weighted by molar-refractivity contribution is -0.384. The van der Waals surface area contributed by atoms with Gasteiger partial charge in [0, 0.05) is 45.1 Å². The van der Waals surface area contributed by atoms with Gasteiger partial charge in [-0.15, -0.1) is 12.4 Å². The summed E-state index contributed by atoms with van der Waals surface area (Å²) in [4.78, 5) is 29.4. The number of carbonyl (C=O) groups excluding carboxylic acids is 1. The van der Waals surface area contributed by atoms with Gasteiger partial charge in [-0.1, -0.05) is 0 Å². The molecule has 0 radical (unpaired) electrons. The maximum absolute atomic E-state index is 12.6. The van der Waals surface area contributed by atoms with E-state index in [9.17, 15) is 14.9 Å². The summed E-state index contributed by atoms with van der Waals surface area (Å²) in [5.74, 6) is 0.921. The fourth-order valence-electron chi connectivity index (χ4n) is 3.16. The van der Waals surface area contributed by atoms with Crippen molar-refractivity contribution < 1.29 is 14.5 Å². The van der Waals surface area contributed by atoms with E-state index in [1.165, 1.54) is 25.3 Å². The van der Waals surface area contributed by atoms with E-state index in [2.05, 4.69) is 20.5 Å². The van der Waals surface area contributed by atoms with E-state index in [0.29, 0.717) is 18.8 Å². The second kappa shape index (κ2) is 9.49. The van der Waals surface area contributed by atoms with Crippen LogP contribution in [0.25, 0.3) is 0 Å². The second-order valence-electron chi connectivity index (χ2n) is 6.28. The molecule has 1 aliphatic rings. The van der Waals surface area contributed by atoms with E-state index in [4.69, 9.17) is 4.74 Å². The lowest BCUT2D eigenvalue weighted by Crippen LogP contribution is -2.49. The van der Waals surface area contributed by atoms with Crippen molar-refractivity contribution >= 4 is 29.7 Å². The van der Waals surface area contributed by atoms with Gasteiger partial charge in [0.05, 0.1) is 36.4 Å². The first-order valence-electron chi connectivity index (χ1n) is 8.54. The number of nitrogens with zero attached hydrogens (tertiary/aromatic N) is 4. The number of amides is 1. The summed E-state index contributed by atoms with van der Waals surface area (Å²) >= 11 is 0. The molecule has 2 N–H and O–H groups in total. The number of benzene rings is 1. The molecule has 0 bridgehead atoms. The van der Waals surface area contributed by atoms with Crippen LogP contribution in [0.1, 0.15) is 11.9 Å². The van der Waals surface area contributed by atoms with Crippen molar-refractivity contribution in [3.63, 3.8) is 0 Å². The van der Waals surface area contributed by atoms with E-state index in [1.807, 2.05) is 17.8 Å². The lowest BCUT2D eigenvalue weighted by Gasteiger charge is -2.35. The highest BCUT2D eigenvalue weighted by atomic mass is 35.5. The van der Waals surface area contributed by atoms with Gasteiger partial charge in [-0.05, 0) is 6.07 Å². The second-order valence-corrected chi connectivity index (χ2v) is 6.28. The summed E-state index contributed by atoms with van der Waals surface area (Å²) in [5.41, 5.74) is 0.304. The average Bonchev–Trinajstić information content (AvgIpc) is 3.08. The lowest BCUT2D eigenvalue weighted by atomic mass is 10.1. The monoisotopic (exact) mass is 410 g/mol. The molecule has 0 saturated carbocycles. The number of halogens is 1. The number of non-ortho nitro benzene ring substituents is 1. The molecule has 1 amide bonds. The quantitative estimate of drug-likeness (QED) is 0.545. The predicted octanol–water partition coefficient (Wildman–Crippen LogP) is 1.34. The Morgan fingerprint density at radius 1 is 1.50 bits per heavy atom. The summed E-state index contributed by atoms with van der Waals surface area (Å²) < 4.78 is 7.11. The van der Waals surface area contributed by atoms with Crippen LogP contribution in [0, 0.1) is 10.1 Å². The van der Waals surface area contributed by atoms with Gasteiger partial charge in [0.2, 0.25) is 5.91 Å². The van der Waals surface area contributed by atoms with Crippen molar-refractivity contribution in [1.29, 1.82) is 0 Å². The SMILES string of the molecule is COc1cc([N+](=O)[O-])ccc1NC(=O)CN1CCNCC1c1nccn1C.Cl. The van der Waals surface area contributed by atoms with Crippen molar-refractivity contribution in [3.05, 3.63) is 46.5 Å². The standard InChI is InChI=1S/C17H22N6O4.ClH/c1-21-7-6-19-17(21)14-10-18-5-8-22(14)11-16(24)20-13-4-3-12(23(25)26)9-15(13)27-2;/h3-4,6-7,9,14,18H,5,8,10-11H2,1-2H3,(H,20,24);1H. The van der Waals surface area contributed by atoms with E-state index in [-0.39, 0.29) is 42.3 Å². The molecule has 1 aromatic heterocycles. The van der Waals surface area contributed by atoms with Gasteiger partial charge in [0.25, 0.3) is 5.69 Å². The van der Waals surface area contributed by atoms with Crippen LogP contribution in [0.2, 0.25) is 0 Å². The summed E-state index contributed by atoms with van der Waals surface area (Å²) in [6.45, 7) is 2.38. The predicted molar refractivity (Wildman–Crippen MR) is 106 cm³/mol. The molecule has 1 aliphatic heterocycles. The number of ether oxygens (including phenoxy) is 1. The molecule has 2 aromatic rings. The molecule has 10 nitrogen and oxygen atoms in total. The van der Waals surface area contributed by atoms with E-state index < -0.39 is 4.92 Å². The van der Waals surface area contributed by atoms with Gasteiger partial charge in [-0.3, -0.25) is 19.8 Å². The van der Waals surface area contributed by atoms with Crippen molar-refractivity contribution in [1.82, 2.24) is 19.8 Å². The number of imidazole rings is 1. The number of piperazine rings is 1. The Balaban J connectivity index is 0.00000280. The molecule has 152 valence electrons. The number of nitro groups is 1. The van der Waals surface area contributed by atoms with Crippen molar-refractivity contribution in [2.24, 2.45) is 7.05 Å². The third-order valence-electron chi connectivity index (χ3n) is 4.53. The fraction of sp³-hybridized carbons (Fsp3) is 0.412. The highest BCUT2D eigenvalue weighted by Crippen LogP contribution is 2.29. The van der Waals surface area contributed by atoms with Gasteiger partial charge >= 0.3 is 0 Å². The zero-order valence-corrected chi connectivity index (χ0v) is 16.4. The average molecular weight is 411 g/mol. The summed E-state index contributed by atoms with van der Waals surface area (Å²) in [6.07, 6.45) is 3.62. The van der Waals surface area contributed by atoms with Crippen LogP contribution >= 0.6 is 12.4 Å². The Bertz CT molecular complexity index is 843. The van der Waals surface area contributed by atoms with E-state index in [1.54, 1.807) is 6.20 Å². The number of hydrogen-bond donors (Lipinski definition) is 2. The number of anilines is 1. The summed E-state index contributed by atoms with van der Waals surface area (Å²) in [5, 5.41) is 17.0. The number of aryl methyl sites for hydroxylation is 1. The molecule has 1 aromatic carbocycles. The topological polar surface area (TPSA) is 115 Å². The first-order valence-corrected chi connectivity index (χ1v) is 8.54. The van der Waals surface area contributed by atoms with E-state index in [0.717, 1.165) is 12.4 Å². The Labute approximate surface area is 168 Å². The van der Waals surface area contributed by atoms with Crippen LogP contribution in [0.5, 0.6) is 5.75 Å². The number of nitro benzene ring substituents is 1. The first-order chi connectivity index (χ1) is 13.0. The Hall–Kier alpha value is -2.69. The van der Waals surface area contributed by atoms with Crippen LogP contribution in [0.4, 0.5) is 11.4 Å². The van der Waals surface area contributed by atoms with Crippen molar-refractivity contribution in [3.8, 4) is 5.75 Å². The van der Waals surface area contributed by atoms with Gasteiger partial charge in [-0.25, -0.2) is 4.98 Å².